The summed E-state index contributed by atoms with van der Waals surface area (Å²) in [4.78, 5) is 34.5. The molecule has 1 N–H and O–H groups in total. The Morgan fingerprint density at radius 2 is 2.04 bits per heavy atom. The van der Waals surface area contributed by atoms with E-state index in [0.717, 1.165) is 10.9 Å². The molecule has 1 aromatic heterocycles. The molecule has 0 aliphatic carbocycles. The van der Waals surface area contributed by atoms with Crippen LogP contribution in [0, 0.1) is 12.8 Å². The van der Waals surface area contributed by atoms with Crippen LogP contribution in [0.25, 0.3) is 11.0 Å². The summed E-state index contributed by atoms with van der Waals surface area (Å²) >= 11 is 0. The molecule has 25 heavy (non-hydrogen) atoms. The molecular formula is C18H20NO6-. The number of carboxylic acid groups (broad SMARTS) is 1. The Hall–Kier alpha value is -2.83. The van der Waals surface area contributed by atoms with E-state index in [4.69, 9.17) is 9.15 Å². The number of hydrogen-bond acceptors (Lipinski definition) is 6. The lowest BCUT2D eigenvalue weighted by molar-refractivity contribution is -0.309. The Morgan fingerprint density at radius 3 is 2.68 bits per heavy atom. The zero-order chi connectivity index (χ0) is 18.6. The SMILES string of the molecule is CC[C@@H](C)[C@H](NC(=O)COc1ccc2c(C)cc(=O)oc2c1)C(=O)[O-]. The number of nitrogens with one attached hydrogen (secondary N) is 1. The molecule has 0 aliphatic rings. The van der Waals surface area contributed by atoms with Crippen molar-refractivity contribution in [1.82, 2.24) is 5.32 Å². The van der Waals surface area contributed by atoms with Gasteiger partial charge in [0.05, 0.1) is 12.0 Å². The maximum atomic E-state index is 11.9. The second-order valence-electron chi connectivity index (χ2n) is 5.94. The zero-order valence-electron chi connectivity index (χ0n) is 14.3. The summed E-state index contributed by atoms with van der Waals surface area (Å²) in [6.45, 7) is 4.98. The largest absolute Gasteiger partial charge is 0.548 e. The van der Waals surface area contributed by atoms with E-state index < -0.39 is 23.5 Å². The number of amides is 1. The van der Waals surface area contributed by atoms with E-state index in [-0.39, 0.29) is 12.5 Å². The highest BCUT2D eigenvalue weighted by Gasteiger charge is 2.19. The molecular weight excluding hydrogens is 326 g/mol. The molecule has 0 saturated carbocycles. The number of benzene rings is 1. The molecule has 2 rings (SSSR count). The van der Waals surface area contributed by atoms with Gasteiger partial charge in [-0.05, 0) is 30.5 Å². The van der Waals surface area contributed by atoms with E-state index in [1.54, 1.807) is 26.0 Å². The van der Waals surface area contributed by atoms with Crippen molar-refractivity contribution in [1.29, 1.82) is 0 Å². The predicted octanol–water partition coefficient (Wildman–Crippen LogP) is 0.761. The Kier molecular flexibility index (Phi) is 5.80. The van der Waals surface area contributed by atoms with Crippen LogP contribution in [-0.2, 0) is 9.59 Å². The molecule has 0 fully saturated rings. The van der Waals surface area contributed by atoms with Gasteiger partial charge in [-0.1, -0.05) is 20.3 Å². The van der Waals surface area contributed by atoms with E-state index in [2.05, 4.69) is 5.32 Å². The fraction of sp³-hybridized carbons (Fsp3) is 0.389. The van der Waals surface area contributed by atoms with Gasteiger partial charge < -0.3 is 24.4 Å². The Bertz CT molecular complexity index is 841. The van der Waals surface area contributed by atoms with E-state index in [9.17, 15) is 19.5 Å². The average Bonchev–Trinajstić information content (AvgIpc) is 2.56. The van der Waals surface area contributed by atoms with Crippen LogP contribution < -0.4 is 20.8 Å². The average molecular weight is 346 g/mol. The van der Waals surface area contributed by atoms with Crippen LogP contribution in [0.4, 0.5) is 0 Å². The second-order valence-corrected chi connectivity index (χ2v) is 5.94. The molecule has 0 saturated heterocycles. The van der Waals surface area contributed by atoms with Gasteiger partial charge in [0.2, 0.25) is 0 Å². The summed E-state index contributed by atoms with van der Waals surface area (Å²) in [5, 5.41) is 14.3. The first-order valence-corrected chi connectivity index (χ1v) is 7.99. The molecule has 2 atom stereocenters. The molecule has 0 radical (unpaired) electrons. The highest BCUT2D eigenvalue weighted by atomic mass is 16.5. The lowest BCUT2D eigenvalue weighted by Gasteiger charge is -2.25. The molecule has 7 heteroatoms. The number of rotatable bonds is 7. The number of fused-ring (bicyclic) bond motifs is 1. The van der Waals surface area contributed by atoms with Gasteiger partial charge in [-0.15, -0.1) is 0 Å². The summed E-state index contributed by atoms with van der Waals surface area (Å²) in [6.07, 6.45) is 0.586. The lowest BCUT2D eigenvalue weighted by atomic mass is 9.99. The van der Waals surface area contributed by atoms with Crippen LogP contribution in [0.15, 0.2) is 33.5 Å². The smallest absolute Gasteiger partial charge is 0.336 e. The molecule has 0 aliphatic heterocycles. The number of carbonyl (C=O) groups excluding carboxylic acids is 2. The number of carboxylic acids is 1. The van der Waals surface area contributed by atoms with E-state index in [0.29, 0.717) is 17.8 Å². The third kappa shape index (κ3) is 4.59. The van der Waals surface area contributed by atoms with Crippen molar-refractivity contribution in [2.75, 3.05) is 6.61 Å². The second kappa shape index (κ2) is 7.83. The first kappa shape index (κ1) is 18.5. The van der Waals surface area contributed by atoms with Crippen LogP contribution >= 0.6 is 0 Å². The molecule has 0 unspecified atom stereocenters. The summed E-state index contributed by atoms with van der Waals surface area (Å²) < 4.78 is 10.5. The van der Waals surface area contributed by atoms with Crippen LogP contribution in [0.2, 0.25) is 0 Å². The van der Waals surface area contributed by atoms with E-state index in [1.807, 2.05) is 6.92 Å². The summed E-state index contributed by atoms with van der Waals surface area (Å²) in [5.74, 6) is -1.82. The maximum absolute atomic E-state index is 11.9. The molecule has 134 valence electrons. The molecule has 2 aromatic rings. The van der Waals surface area contributed by atoms with E-state index >= 15 is 0 Å². The van der Waals surface area contributed by atoms with Crippen molar-refractivity contribution in [3.63, 3.8) is 0 Å². The third-order valence-electron chi connectivity index (χ3n) is 4.08. The highest BCUT2D eigenvalue weighted by molar-refractivity contribution is 5.84. The minimum Gasteiger partial charge on any atom is -0.548 e. The fourth-order valence-electron chi connectivity index (χ4n) is 2.43. The first-order valence-electron chi connectivity index (χ1n) is 7.99. The minimum atomic E-state index is -1.33. The van der Waals surface area contributed by atoms with Gasteiger partial charge in [0.25, 0.3) is 5.91 Å². The zero-order valence-corrected chi connectivity index (χ0v) is 14.3. The van der Waals surface area contributed by atoms with Gasteiger partial charge in [0, 0.05) is 17.5 Å². The fourth-order valence-corrected chi connectivity index (χ4v) is 2.43. The quantitative estimate of drug-likeness (QED) is 0.742. The van der Waals surface area contributed by atoms with Gasteiger partial charge in [0.1, 0.15) is 11.3 Å². The first-order chi connectivity index (χ1) is 11.8. The Balaban J connectivity index is 2.05. The van der Waals surface area contributed by atoms with Gasteiger partial charge >= 0.3 is 5.63 Å². The monoisotopic (exact) mass is 346 g/mol. The number of carbonyl (C=O) groups is 2. The number of ether oxygens (including phenoxy) is 1. The topological polar surface area (TPSA) is 109 Å². The highest BCUT2D eigenvalue weighted by Crippen LogP contribution is 2.22. The lowest BCUT2D eigenvalue weighted by Crippen LogP contribution is -2.52. The van der Waals surface area contributed by atoms with Gasteiger partial charge in [0.15, 0.2) is 6.61 Å². The van der Waals surface area contributed by atoms with E-state index in [1.165, 1.54) is 12.1 Å². The summed E-state index contributed by atoms with van der Waals surface area (Å²) in [6, 6.07) is 5.21. The van der Waals surface area contributed by atoms with Crippen molar-refractivity contribution >= 4 is 22.8 Å². The van der Waals surface area contributed by atoms with Gasteiger partial charge in [-0.25, -0.2) is 4.79 Å². The molecule has 0 spiro atoms. The van der Waals surface area contributed by atoms with Crippen molar-refractivity contribution in [3.05, 3.63) is 40.2 Å². The normalized spacial score (nSPS) is 13.2. The number of hydrogen-bond donors (Lipinski definition) is 1. The van der Waals surface area contributed by atoms with Crippen molar-refractivity contribution in [2.45, 2.75) is 33.2 Å². The maximum Gasteiger partial charge on any atom is 0.336 e. The summed E-state index contributed by atoms with van der Waals surface area (Å²) in [5.41, 5.74) is 0.668. The van der Waals surface area contributed by atoms with Crippen molar-refractivity contribution < 1.29 is 23.8 Å². The predicted molar refractivity (Wildman–Crippen MR) is 89.1 cm³/mol. The van der Waals surface area contributed by atoms with Crippen molar-refractivity contribution in [3.8, 4) is 5.75 Å². The Labute approximate surface area is 144 Å². The molecule has 1 aromatic carbocycles. The van der Waals surface area contributed by atoms with Crippen LogP contribution in [0.1, 0.15) is 25.8 Å². The van der Waals surface area contributed by atoms with Crippen LogP contribution in [0.3, 0.4) is 0 Å². The van der Waals surface area contributed by atoms with Crippen LogP contribution in [0.5, 0.6) is 5.75 Å². The molecule has 0 bridgehead atoms. The van der Waals surface area contributed by atoms with Gasteiger partial charge in [-0.3, -0.25) is 4.79 Å². The molecule has 1 amide bonds. The summed E-state index contributed by atoms with van der Waals surface area (Å²) in [7, 11) is 0. The number of aliphatic carboxylic acids is 1. The van der Waals surface area contributed by atoms with Gasteiger partial charge in [-0.2, -0.15) is 0 Å². The molecule has 7 nitrogen and oxygen atoms in total. The minimum absolute atomic E-state index is 0.258. The third-order valence-corrected chi connectivity index (χ3v) is 4.08. The molecule has 1 heterocycles. The number of aryl methyl sites for hydroxylation is 1. The van der Waals surface area contributed by atoms with Crippen molar-refractivity contribution in [2.24, 2.45) is 5.92 Å². The Morgan fingerprint density at radius 1 is 1.32 bits per heavy atom. The van der Waals surface area contributed by atoms with Crippen LogP contribution in [-0.4, -0.2) is 24.5 Å². The standard InChI is InChI=1S/C18H21NO6/c1-4-10(2)17(18(22)23)19-15(20)9-24-12-5-6-13-11(3)7-16(21)25-14(13)8-12/h5-8,10,17H,4,9H2,1-3H3,(H,19,20)(H,22,23)/p-1/t10-,17+/m1/s1.